The Labute approximate surface area is 125 Å². The monoisotopic (exact) mass is 308 g/mol. The van der Waals surface area contributed by atoms with E-state index in [0.29, 0.717) is 31.2 Å². The number of nitrogens with zero attached hydrogens (tertiary/aromatic N) is 1. The van der Waals surface area contributed by atoms with E-state index in [1.165, 1.54) is 4.90 Å². The zero-order chi connectivity index (χ0) is 15.3. The lowest BCUT2D eigenvalue weighted by Gasteiger charge is -2.31. The van der Waals surface area contributed by atoms with Crippen molar-refractivity contribution in [1.82, 2.24) is 10.2 Å². The van der Waals surface area contributed by atoms with Gasteiger partial charge in [-0.3, -0.25) is 4.90 Å². The van der Waals surface area contributed by atoms with Crippen molar-refractivity contribution in [2.75, 3.05) is 32.8 Å². The Hall–Kier alpha value is -0.330. The zero-order valence-electron chi connectivity index (χ0n) is 12.8. The summed E-state index contributed by atoms with van der Waals surface area (Å²) in [6.07, 6.45) is 1.42. The molecule has 0 aromatic rings. The lowest BCUT2D eigenvalue weighted by Crippen LogP contribution is -2.41. The number of alkyl halides is 3. The molecule has 2 aliphatic heterocycles. The van der Waals surface area contributed by atoms with Gasteiger partial charge >= 0.3 is 6.18 Å². The van der Waals surface area contributed by atoms with E-state index in [2.05, 4.69) is 12.2 Å². The van der Waals surface area contributed by atoms with Crippen molar-refractivity contribution in [3.05, 3.63) is 0 Å². The molecule has 0 bridgehead atoms. The zero-order valence-corrected chi connectivity index (χ0v) is 12.8. The highest BCUT2D eigenvalue weighted by molar-refractivity contribution is 4.82. The molecule has 0 spiro atoms. The molecule has 2 saturated heterocycles. The molecule has 1 N–H and O–H groups in total. The topological polar surface area (TPSA) is 24.5 Å². The Morgan fingerprint density at radius 1 is 1.29 bits per heavy atom. The summed E-state index contributed by atoms with van der Waals surface area (Å²) in [4.78, 5) is 1.52. The molecule has 2 rings (SSSR count). The van der Waals surface area contributed by atoms with Crippen molar-refractivity contribution >= 4 is 0 Å². The molecule has 0 amide bonds. The second kappa shape index (κ2) is 7.79. The van der Waals surface area contributed by atoms with Gasteiger partial charge in [0.15, 0.2) is 0 Å². The standard InChI is InChI=1S/C15H27F3N2O/c1-2-3-14-8-13(5-7-21-14)19-9-12-4-6-20(10-12)11-15(16,17)18/h12-14,19H,2-11H2,1H3. The SMILES string of the molecule is CCCC1CC(NCC2CCN(CC(F)(F)F)C2)CCO1. The Morgan fingerprint density at radius 3 is 2.81 bits per heavy atom. The van der Waals surface area contributed by atoms with E-state index in [9.17, 15) is 13.2 Å². The van der Waals surface area contributed by atoms with Crippen molar-refractivity contribution in [1.29, 1.82) is 0 Å². The van der Waals surface area contributed by atoms with Gasteiger partial charge in [0.2, 0.25) is 0 Å². The summed E-state index contributed by atoms with van der Waals surface area (Å²) in [5, 5.41) is 3.55. The van der Waals surface area contributed by atoms with E-state index >= 15 is 0 Å². The number of hydrogen-bond donors (Lipinski definition) is 1. The molecule has 3 unspecified atom stereocenters. The molecule has 2 heterocycles. The predicted octanol–water partition coefficient (Wildman–Crippen LogP) is 2.81. The number of halogens is 3. The van der Waals surface area contributed by atoms with Crippen molar-refractivity contribution < 1.29 is 17.9 Å². The van der Waals surface area contributed by atoms with Crippen LogP contribution in [0.1, 0.15) is 39.0 Å². The summed E-state index contributed by atoms with van der Waals surface area (Å²) in [7, 11) is 0. The second-order valence-corrected chi connectivity index (χ2v) is 6.42. The quantitative estimate of drug-likeness (QED) is 0.816. The largest absolute Gasteiger partial charge is 0.401 e. The first-order chi connectivity index (χ1) is 9.96. The highest BCUT2D eigenvalue weighted by Gasteiger charge is 2.34. The maximum absolute atomic E-state index is 12.4. The first-order valence-corrected chi connectivity index (χ1v) is 8.10. The lowest BCUT2D eigenvalue weighted by molar-refractivity contribution is -0.143. The summed E-state index contributed by atoms with van der Waals surface area (Å²) < 4.78 is 42.8. The van der Waals surface area contributed by atoms with E-state index in [0.717, 1.165) is 45.3 Å². The Bertz CT molecular complexity index is 310. The summed E-state index contributed by atoms with van der Waals surface area (Å²) in [5.41, 5.74) is 0. The van der Waals surface area contributed by atoms with Gasteiger partial charge < -0.3 is 10.1 Å². The number of ether oxygens (including phenoxy) is 1. The average molecular weight is 308 g/mol. The summed E-state index contributed by atoms with van der Waals surface area (Å²) in [6, 6.07) is 0.465. The van der Waals surface area contributed by atoms with Gasteiger partial charge in [-0.2, -0.15) is 13.2 Å². The van der Waals surface area contributed by atoms with Gasteiger partial charge in [0.05, 0.1) is 12.6 Å². The van der Waals surface area contributed by atoms with Crippen LogP contribution in [0.3, 0.4) is 0 Å². The molecule has 3 atom stereocenters. The van der Waals surface area contributed by atoms with E-state index in [1.54, 1.807) is 0 Å². The van der Waals surface area contributed by atoms with Crippen LogP contribution in [0.4, 0.5) is 13.2 Å². The van der Waals surface area contributed by atoms with Crippen LogP contribution in [0.15, 0.2) is 0 Å². The van der Waals surface area contributed by atoms with Crippen LogP contribution in [0, 0.1) is 5.92 Å². The fourth-order valence-corrected chi connectivity index (χ4v) is 3.40. The maximum atomic E-state index is 12.4. The molecule has 6 heteroatoms. The Morgan fingerprint density at radius 2 is 2.10 bits per heavy atom. The normalized spacial score (nSPS) is 31.7. The third-order valence-corrected chi connectivity index (χ3v) is 4.45. The van der Waals surface area contributed by atoms with Crippen molar-refractivity contribution in [2.45, 2.75) is 57.3 Å². The summed E-state index contributed by atoms with van der Waals surface area (Å²) in [5.74, 6) is 0.347. The van der Waals surface area contributed by atoms with Crippen LogP contribution in [0.2, 0.25) is 0 Å². The maximum Gasteiger partial charge on any atom is 0.401 e. The molecule has 124 valence electrons. The third-order valence-electron chi connectivity index (χ3n) is 4.45. The first kappa shape index (κ1) is 17.0. The van der Waals surface area contributed by atoms with Gasteiger partial charge in [-0.1, -0.05) is 13.3 Å². The fraction of sp³-hybridized carbons (Fsp3) is 1.00. The van der Waals surface area contributed by atoms with Crippen LogP contribution < -0.4 is 5.32 Å². The summed E-state index contributed by atoms with van der Waals surface area (Å²) in [6.45, 7) is 4.16. The molecule has 21 heavy (non-hydrogen) atoms. The third kappa shape index (κ3) is 6.12. The van der Waals surface area contributed by atoms with Gasteiger partial charge in [0.25, 0.3) is 0 Å². The molecular weight excluding hydrogens is 281 g/mol. The second-order valence-electron chi connectivity index (χ2n) is 6.42. The van der Waals surface area contributed by atoms with E-state index in [1.807, 2.05) is 0 Å². The van der Waals surface area contributed by atoms with Crippen molar-refractivity contribution in [3.8, 4) is 0 Å². The summed E-state index contributed by atoms with van der Waals surface area (Å²) >= 11 is 0. The number of hydrogen-bond acceptors (Lipinski definition) is 3. The molecule has 0 aliphatic carbocycles. The van der Waals surface area contributed by atoms with Crippen LogP contribution >= 0.6 is 0 Å². The van der Waals surface area contributed by atoms with Crippen molar-refractivity contribution in [3.63, 3.8) is 0 Å². The number of nitrogens with one attached hydrogen (secondary N) is 1. The first-order valence-electron chi connectivity index (χ1n) is 8.10. The van der Waals surface area contributed by atoms with E-state index in [4.69, 9.17) is 4.74 Å². The minimum absolute atomic E-state index is 0.347. The van der Waals surface area contributed by atoms with Gasteiger partial charge in [0.1, 0.15) is 0 Å². The van der Waals surface area contributed by atoms with E-state index in [-0.39, 0.29) is 0 Å². The van der Waals surface area contributed by atoms with Gasteiger partial charge in [-0.05, 0) is 44.7 Å². The minimum atomic E-state index is -4.07. The molecule has 2 aliphatic rings. The Kier molecular flexibility index (Phi) is 6.32. The smallest absolute Gasteiger partial charge is 0.378 e. The molecule has 0 aromatic heterocycles. The fourth-order valence-electron chi connectivity index (χ4n) is 3.40. The molecule has 0 aromatic carbocycles. The van der Waals surface area contributed by atoms with Crippen LogP contribution in [0.5, 0.6) is 0 Å². The minimum Gasteiger partial charge on any atom is -0.378 e. The van der Waals surface area contributed by atoms with Crippen molar-refractivity contribution in [2.24, 2.45) is 5.92 Å². The average Bonchev–Trinajstić information content (AvgIpc) is 2.83. The number of rotatable bonds is 6. The molecule has 0 saturated carbocycles. The molecule has 2 fully saturated rings. The van der Waals surface area contributed by atoms with E-state index < -0.39 is 12.7 Å². The number of likely N-dealkylation sites (tertiary alicyclic amines) is 1. The molecular formula is C15H27F3N2O. The molecule has 3 nitrogen and oxygen atoms in total. The highest BCUT2D eigenvalue weighted by atomic mass is 19.4. The highest BCUT2D eigenvalue weighted by Crippen LogP contribution is 2.23. The Balaban J connectivity index is 1.65. The predicted molar refractivity (Wildman–Crippen MR) is 76.3 cm³/mol. The van der Waals surface area contributed by atoms with Gasteiger partial charge in [-0.15, -0.1) is 0 Å². The lowest BCUT2D eigenvalue weighted by atomic mass is 9.99. The van der Waals surface area contributed by atoms with Gasteiger partial charge in [0, 0.05) is 19.2 Å². The van der Waals surface area contributed by atoms with Crippen LogP contribution in [-0.4, -0.2) is 56.0 Å². The van der Waals surface area contributed by atoms with Crippen LogP contribution in [0.25, 0.3) is 0 Å². The molecule has 0 radical (unpaired) electrons. The van der Waals surface area contributed by atoms with Crippen LogP contribution in [-0.2, 0) is 4.74 Å². The van der Waals surface area contributed by atoms with Gasteiger partial charge in [-0.25, -0.2) is 0 Å².